The second-order valence-electron chi connectivity index (χ2n) is 9.46. The summed E-state index contributed by atoms with van der Waals surface area (Å²) in [4.78, 5) is 24.4. The Labute approximate surface area is 210 Å². The molecule has 1 amide bonds. The number of nitrogens with one attached hydrogen (secondary N) is 4. The largest absolute Gasteiger partial charge is 0.367 e. The second-order valence-corrected chi connectivity index (χ2v) is 9.46. The van der Waals surface area contributed by atoms with E-state index in [0.29, 0.717) is 17.8 Å². The van der Waals surface area contributed by atoms with Gasteiger partial charge in [0.05, 0.1) is 5.69 Å². The Morgan fingerprint density at radius 3 is 2.64 bits per heavy atom. The summed E-state index contributed by atoms with van der Waals surface area (Å²) in [6.07, 6.45) is 5.81. The molecular weight excluding hydrogens is 457 g/mol. The number of halogens is 1. The summed E-state index contributed by atoms with van der Waals surface area (Å²) in [5, 5.41) is 12.8. The van der Waals surface area contributed by atoms with Crippen molar-refractivity contribution in [3.8, 4) is 0 Å². The summed E-state index contributed by atoms with van der Waals surface area (Å²) < 4.78 is 14.1. The van der Waals surface area contributed by atoms with Gasteiger partial charge in [-0.15, -0.1) is 0 Å². The summed E-state index contributed by atoms with van der Waals surface area (Å²) >= 11 is 0. The number of aromatic nitrogens is 2. The maximum Gasteiger partial charge on any atom is 0.261 e. The van der Waals surface area contributed by atoms with Gasteiger partial charge < -0.3 is 21.3 Å². The topological polar surface area (TPSA) is 94.2 Å². The first kappa shape index (κ1) is 24.1. The Bertz CT molecular complexity index is 1200. The molecule has 1 aliphatic heterocycles. The lowest BCUT2D eigenvalue weighted by atomic mass is 10.0. The van der Waals surface area contributed by atoms with E-state index in [0.717, 1.165) is 51.0 Å². The molecular formula is C27H32FN7O. The number of likely N-dealkylation sites (N-methyl/N-ethyl adjacent to an activating group) is 1. The van der Waals surface area contributed by atoms with Gasteiger partial charge >= 0.3 is 0 Å². The van der Waals surface area contributed by atoms with Gasteiger partial charge in [0.1, 0.15) is 17.2 Å². The van der Waals surface area contributed by atoms with Gasteiger partial charge in [-0.05, 0) is 49.7 Å². The number of anilines is 4. The van der Waals surface area contributed by atoms with Crippen LogP contribution in [0.1, 0.15) is 47.6 Å². The Hall–Kier alpha value is -3.56. The van der Waals surface area contributed by atoms with Gasteiger partial charge in [0.15, 0.2) is 0 Å². The zero-order valence-corrected chi connectivity index (χ0v) is 20.4. The van der Waals surface area contributed by atoms with Gasteiger partial charge in [-0.25, -0.2) is 9.37 Å². The second kappa shape index (κ2) is 11.0. The molecule has 1 saturated heterocycles. The molecule has 5 rings (SSSR count). The van der Waals surface area contributed by atoms with Crippen LogP contribution in [0.5, 0.6) is 0 Å². The average molecular weight is 490 g/mol. The number of piperazine rings is 1. The van der Waals surface area contributed by atoms with Gasteiger partial charge in [0, 0.05) is 43.6 Å². The molecule has 1 aliphatic carbocycles. The van der Waals surface area contributed by atoms with E-state index in [1.807, 2.05) is 12.1 Å². The number of para-hydroxylation sites is 1. The third-order valence-electron chi connectivity index (χ3n) is 6.91. The molecule has 0 bridgehead atoms. The molecule has 4 N–H and O–H groups in total. The molecule has 1 unspecified atom stereocenters. The summed E-state index contributed by atoms with van der Waals surface area (Å²) in [6.45, 7) is 2.96. The molecule has 2 heterocycles. The van der Waals surface area contributed by atoms with Crippen molar-refractivity contribution in [3.63, 3.8) is 0 Å². The van der Waals surface area contributed by atoms with E-state index in [-0.39, 0.29) is 17.3 Å². The smallest absolute Gasteiger partial charge is 0.261 e. The van der Waals surface area contributed by atoms with Crippen molar-refractivity contribution in [2.75, 3.05) is 42.6 Å². The fraction of sp³-hybridized carbons (Fsp3) is 0.370. The van der Waals surface area contributed by atoms with Crippen LogP contribution < -0.4 is 21.3 Å². The number of amides is 1. The minimum atomic E-state index is -0.492. The lowest BCUT2D eigenvalue weighted by Gasteiger charge is -2.33. The minimum absolute atomic E-state index is 0.121. The number of benzene rings is 2. The molecule has 188 valence electrons. The highest BCUT2D eigenvalue weighted by Gasteiger charge is 2.22. The fourth-order valence-electron chi connectivity index (χ4n) is 4.83. The van der Waals surface area contributed by atoms with Crippen LogP contribution in [-0.2, 0) is 0 Å². The number of nitrogens with zero attached hydrogens (tertiary/aromatic N) is 3. The van der Waals surface area contributed by atoms with Gasteiger partial charge in [-0.2, -0.15) is 4.98 Å². The van der Waals surface area contributed by atoms with Crippen LogP contribution in [-0.4, -0.2) is 53.5 Å². The van der Waals surface area contributed by atoms with Crippen LogP contribution in [0.15, 0.2) is 54.7 Å². The zero-order valence-electron chi connectivity index (χ0n) is 20.4. The van der Waals surface area contributed by atoms with Crippen LogP contribution in [0.25, 0.3) is 0 Å². The molecule has 1 atom stereocenters. The van der Waals surface area contributed by atoms with Crippen molar-refractivity contribution in [1.29, 1.82) is 0 Å². The molecule has 9 heteroatoms. The quantitative estimate of drug-likeness (QED) is 0.387. The van der Waals surface area contributed by atoms with Crippen LogP contribution in [0.3, 0.4) is 0 Å². The van der Waals surface area contributed by atoms with Crippen LogP contribution in [0, 0.1) is 5.82 Å². The lowest BCUT2D eigenvalue weighted by molar-refractivity contribution is 0.102. The molecule has 8 nitrogen and oxygen atoms in total. The van der Waals surface area contributed by atoms with Crippen molar-refractivity contribution in [2.24, 2.45) is 0 Å². The fourth-order valence-corrected chi connectivity index (χ4v) is 4.83. The molecule has 1 aromatic heterocycles. The molecule has 36 heavy (non-hydrogen) atoms. The number of hydrogen-bond donors (Lipinski definition) is 4. The molecule has 3 aromatic rings. The van der Waals surface area contributed by atoms with Crippen molar-refractivity contribution in [1.82, 2.24) is 20.2 Å². The highest BCUT2D eigenvalue weighted by Crippen LogP contribution is 2.27. The highest BCUT2D eigenvalue weighted by molar-refractivity contribution is 6.07. The standard InChI is InChI=1S/C27H32FN7O/c1-35-15-14-29-17-24(35)18-10-12-20(13-11-18)32-27-30-16-21(25(34-27)31-19-6-2-3-7-19)26(36)33-23-9-5-4-8-22(23)28/h4-5,8-13,16,19,24,29H,2-3,6-7,14-15,17H2,1H3,(H,33,36)(H2,30,31,32,34). The van der Waals surface area contributed by atoms with E-state index in [9.17, 15) is 9.18 Å². The molecule has 0 spiro atoms. The predicted octanol–water partition coefficient (Wildman–Crippen LogP) is 4.54. The molecule has 2 fully saturated rings. The predicted molar refractivity (Wildman–Crippen MR) is 140 cm³/mol. The number of carbonyl (C=O) groups is 1. The monoisotopic (exact) mass is 489 g/mol. The number of hydrogen-bond acceptors (Lipinski definition) is 7. The average Bonchev–Trinajstić information content (AvgIpc) is 3.40. The maximum absolute atomic E-state index is 14.1. The van der Waals surface area contributed by atoms with Crippen molar-refractivity contribution >= 4 is 29.0 Å². The maximum atomic E-state index is 14.1. The molecule has 0 radical (unpaired) electrons. The Balaban J connectivity index is 1.34. The summed E-state index contributed by atoms with van der Waals surface area (Å²) in [5.41, 5.74) is 2.51. The van der Waals surface area contributed by atoms with E-state index in [4.69, 9.17) is 0 Å². The third-order valence-corrected chi connectivity index (χ3v) is 6.91. The van der Waals surface area contributed by atoms with E-state index < -0.39 is 11.7 Å². The normalized spacial score (nSPS) is 18.7. The van der Waals surface area contributed by atoms with Crippen LogP contribution in [0.2, 0.25) is 0 Å². The van der Waals surface area contributed by atoms with Gasteiger partial charge in [-0.1, -0.05) is 37.1 Å². The summed E-state index contributed by atoms with van der Waals surface area (Å²) in [7, 11) is 2.15. The number of carbonyl (C=O) groups excluding carboxylic acids is 1. The van der Waals surface area contributed by atoms with Crippen molar-refractivity contribution < 1.29 is 9.18 Å². The Morgan fingerprint density at radius 1 is 1.11 bits per heavy atom. The SMILES string of the molecule is CN1CCNCC1c1ccc(Nc2ncc(C(=O)Nc3ccccc3F)c(NC3CCCC3)n2)cc1. The highest BCUT2D eigenvalue weighted by atomic mass is 19.1. The van der Waals surface area contributed by atoms with E-state index in [1.54, 1.807) is 12.1 Å². The van der Waals surface area contributed by atoms with Gasteiger partial charge in [0.2, 0.25) is 5.95 Å². The number of rotatable bonds is 7. The van der Waals surface area contributed by atoms with Crippen LogP contribution in [0.4, 0.5) is 27.5 Å². The summed E-state index contributed by atoms with van der Waals surface area (Å²) in [6, 6.07) is 14.9. The van der Waals surface area contributed by atoms with Crippen LogP contribution >= 0.6 is 0 Å². The van der Waals surface area contributed by atoms with Gasteiger partial charge in [0.25, 0.3) is 5.91 Å². The third kappa shape index (κ3) is 5.63. The molecule has 1 saturated carbocycles. The van der Waals surface area contributed by atoms with E-state index in [2.05, 4.69) is 55.3 Å². The van der Waals surface area contributed by atoms with Gasteiger partial charge in [-0.3, -0.25) is 9.69 Å². The Kier molecular flexibility index (Phi) is 7.39. The Morgan fingerprint density at radius 2 is 1.89 bits per heavy atom. The van der Waals surface area contributed by atoms with E-state index in [1.165, 1.54) is 23.9 Å². The summed E-state index contributed by atoms with van der Waals surface area (Å²) in [5.74, 6) is -0.113. The minimum Gasteiger partial charge on any atom is -0.367 e. The first-order valence-corrected chi connectivity index (χ1v) is 12.5. The molecule has 2 aliphatic rings. The first-order chi connectivity index (χ1) is 17.6. The zero-order chi connectivity index (χ0) is 24.9. The first-order valence-electron chi connectivity index (χ1n) is 12.5. The van der Waals surface area contributed by atoms with Crippen molar-refractivity contribution in [3.05, 3.63) is 71.7 Å². The van der Waals surface area contributed by atoms with E-state index >= 15 is 0 Å². The lowest BCUT2D eigenvalue weighted by Crippen LogP contribution is -2.43. The van der Waals surface area contributed by atoms with Crippen molar-refractivity contribution in [2.45, 2.75) is 37.8 Å². The molecule has 2 aromatic carbocycles.